The van der Waals surface area contributed by atoms with Crippen LogP contribution in [0, 0.1) is 25.2 Å². The van der Waals surface area contributed by atoms with E-state index in [4.69, 9.17) is 19.2 Å². The standard InChI is InChI=1S/C25H36N6O3/c1-16-21(17(2)34-29-16)27-23(32)18-6-9-30(10-7-18)22-19-5-8-25(3,4)15-20(19)26-24(28-22)31-11-13-33-14-12-31/h18H,5-15H2,1-4H3,(H,27,32). The first kappa shape index (κ1) is 23.1. The van der Waals surface area contributed by atoms with Crippen LogP contribution in [0.3, 0.4) is 0 Å². The van der Waals surface area contributed by atoms with Crippen molar-refractivity contribution in [1.29, 1.82) is 0 Å². The van der Waals surface area contributed by atoms with Crippen LogP contribution in [0.15, 0.2) is 4.52 Å². The summed E-state index contributed by atoms with van der Waals surface area (Å²) in [5, 5.41) is 6.98. The van der Waals surface area contributed by atoms with Crippen LogP contribution in [0.1, 0.15) is 55.8 Å². The Bertz CT molecular complexity index is 1030. The van der Waals surface area contributed by atoms with Gasteiger partial charge in [-0.1, -0.05) is 19.0 Å². The van der Waals surface area contributed by atoms with E-state index in [0.717, 1.165) is 75.7 Å². The van der Waals surface area contributed by atoms with Gasteiger partial charge in [0.05, 0.1) is 18.9 Å². The average molecular weight is 469 g/mol. The summed E-state index contributed by atoms with van der Waals surface area (Å²) in [5.41, 5.74) is 4.17. The minimum Gasteiger partial charge on any atom is -0.378 e. The van der Waals surface area contributed by atoms with Crippen LogP contribution in [0.4, 0.5) is 17.5 Å². The molecule has 4 heterocycles. The molecule has 2 fully saturated rings. The number of anilines is 3. The third-order valence-electron chi connectivity index (χ3n) is 7.50. The Labute approximate surface area is 201 Å². The van der Waals surface area contributed by atoms with E-state index in [-0.39, 0.29) is 17.2 Å². The Hall–Kier alpha value is -2.68. The van der Waals surface area contributed by atoms with E-state index in [1.807, 2.05) is 13.8 Å². The summed E-state index contributed by atoms with van der Waals surface area (Å²) in [6, 6.07) is 0. The summed E-state index contributed by atoms with van der Waals surface area (Å²) in [4.78, 5) is 27.7. The molecule has 3 aliphatic rings. The number of morpholine rings is 1. The van der Waals surface area contributed by atoms with Gasteiger partial charge in [0.15, 0.2) is 5.76 Å². The monoisotopic (exact) mass is 468 g/mol. The van der Waals surface area contributed by atoms with Crippen molar-refractivity contribution in [3.8, 4) is 0 Å². The minimum absolute atomic E-state index is 0.0275. The second kappa shape index (κ2) is 9.17. The van der Waals surface area contributed by atoms with E-state index in [0.29, 0.717) is 24.7 Å². The summed E-state index contributed by atoms with van der Waals surface area (Å²) in [6.45, 7) is 13.0. The molecule has 0 saturated carbocycles. The number of ether oxygens (including phenoxy) is 1. The van der Waals surface area contributed by atoms with Crippen molar-refractivity contribution >= 4 is 23.4 Å². The Morgan fingerprint density at radius 3 is 2.47 bits per heavy atom. The summed E-state index contributed by atoms with van der Waals surface area (Å²) >= 11 is 0. The van der Waals surface area contributed by atoms with Crippen LogP contribution >= 0.6 is 0 Å². The second-order valence-electron chi connectivity index (χ2n) is 10.7. The third-order valence-corrected chi connectivity index (χ3v) is 7.50. The molecule has 2 aromatic heterocycles. The van der Waals surface area contributed by atoms with Crippen LogP contribution in [0.5, 0.6) is 0 Å². The van der Waals surface area contributed by atoms with E-state index < -0.39 is 0 Å². The molecule has 1 amide bonds. The van der Waals surface area contributed by atoms with E-state index >= 15 is 0 Å². The maximum Gasteiger partial charge on any atom is 0.227 e. The van der Waals surface area contributed by atoms with Crippen molar-refractivity contribution < 1.29 is 14.1 Å². The predicted octanol–water partition coefficient (Wildman–Crippen LogP) is 3.29. The van der Waals surface area contributed by atoms with Gasteiger partial charge in [0, 0.05) is 37.7 Å². The third kappa shape index (κ3) is 4.62. The molecule has 5 rings (SSSR count). The van der Waals surface area contributed by atoms with E-state index in [1.54, 1.807) is 0 Å². The van der Waals surface area contributed by atoms with Crippen molar-refractivity contribution in [2.45, 2.75) is 59.8 Å². The number of carbonyl (C=O) groups excluding carboxylic acids is 1. The molecule has 0 spiro atoms. The molecule has 0 aromatic carbocycles. The minimum atomic E-state index is -0.0275. The molecule has 2 aliphatic heterocycles. The highest BCUT2D eigenvalue weighted by atomic mass is 16.5. The molecule has 2 saturated heterocycles. The van der Waals surface area contributed by atoms with Gasteiger partial charge in [0.25, 0.3) is 0 Å². The van der Waals surface area contributed by atoms with E-state index in [2.05, 4.69) is 34.1 Å². The first-order valence-electron chi connectivity index (χ1n) is 12.5. The Balaban J connectivity index is 1.34. The largest absolute Gasteiger partial charge is 0.378 e. The van der Waals surface area contributed by atoms with E-state index in [9.17, 15) is 4.79 Å². The molecule has 2 aromatic rings. The average Bonchev–Trinajstić information content (AvgIpc) is 3.15. The van der Waals surface area contributed by atoms with Crippen molar-refractivity contribution in [2.75, 3.05) is 54.5 Å². The lowest BCUT2D eigenvalue weighted by atomic mass is 9.76. The molecule has 0 radical (unpaired) electrons. The number of piperidine rings is 1. The smallest absolute Gasteiger partial charge is 0.227 e. The highest BCUT2D eigenvalue weighted by molar-refractivity contribution is 5.93. The van der Waals surface area contributed by atoms with Crippen molar-refractivity contribution in [3.63, 3.8) is 0 Å². The van der Waals surface area contributed by atoms with Gasteiger partial charge < -0.3 is 24.4 Å². The quantitative estimate of drug-likeness (QED) is 0.730. The number of fused-ring (bicyclic) bond motifs is 1. The predicted molar refractivity (Wildman–Crippen MR) is 130 cm³/mol. The Kier molecular flexibility index (Phi) is 6.22. The molecule has 1 aliphatic carbocycles. The molecular weight excluding hydrogens is 432 g/mol. The zero-order valence-electron chi connectivity index (χ0n) is 20.8. The van der Waals surface area contributed by atoms with Crippen molar-refractivity contribution in [1.82, 2.24) is 15.1 Å². The molecular formula is C25H36N6O3. The molecule has 0 atom stereocenters. The van der Waals surface area contributed by atoms with E-state index in [1.165, 1.54) is 11.3 Å². The SMILES string of the molecule is Cc1noc(C)c1NC(=O)C1CCN(c2nc(N3CCOCC3)nc3c2CCC(C)(C)C3)CC1. The van der Waals surface area contributed by atoms with Crippen LogP contribution in [0.25, 0.3) is 0 Å². The molecule has 1 N–H and O–H groups in total. The highest BCUT2D eigenvalue weighted by Crippen LogP contribution is 2.39. The zero-order chi connectivity index (χ0) is 23.9. The topological polar surface area (TPSA) is 96.6 Å². The first-order valence-corrected chi connectivity index (χ1v) is 12.5. The number of nitrogens with zero attached hydrogens (tertiary/aromatic N) is 5. The van der Waals surface area contributed by atoms with Crippen LogP contribution in [0.2, 0.25) is 0 Å². The number of hydrogen-bond donors (Lipinski definition) is 1. The number of hydrogen-bond acceptors (Lipinski definition) is 8. The van der Waals surface area contributed by atoms with Gasteiger partial charge in [-0.15, -0.1) is 0 Å². The highest BCUT2D eigenvalue weighted by Gasteiger charge is 2.33. The van der Waals surface area contributed by atoms with Crippen LogP contribution in [-0.4, -0.2) is 60.4 Å². The summed E-state index contributed by atoms with van der Waals surface area (Å²) in [6.07, 6.45) is 4.72. The van der Waals surface area contributed by atoms with Gasteiger partial charge in [-0.2, -0.15) is 4.98 Å². The number of carbonyl (C=O) groups is 1. The van der Waals surface area contributed by atoms with Gasteiger partial charge in [-0.3, -0.25) is 4.79 Å². The lowest BCUT2D eigenvalue weighted by Crippen LogP contribution is -2.41. The van der Waals surface area contributed by atoms with Gasteiger partial charge in [0.2, 0.25) is 11.9 Å². The van der Waals surface area contributed by atoms with Gasteiger partial charge >= 0.3 is 0 Å². The summed E-state index contributed by atoms with van der Waals surface area (Å²) < 4.78 is 10.7. The van der Waals surface area contributed by atoms with Gasteiger partial charge in [-0.25, -0.2) is 4.98 Å². The normalized spacial score (nSPS) is 20.8. The van der Waals surface area contributed by atoms with Crippen LogP contribution < -0.4 is 15.1 Å². The number of aromatic nitrogens is 3. The zero-order valence-corrected chi connectivity index (χ0v) is 20.8. The molecule has 34 heavy (non-hydrogen) atoms. The second-order valence-corrected chi connectivity index (χ2v) is 10.7. The molecule has 9 nitrogen and oxygen atoms in total. The van der Waals surface area contributed by atoms with Gasteiger partial charge in [-0.05, 0) is 51.4 Å². The Morgan fingerprint density at radius 2 is 1.79 bits per heavy atom. The fourth-order valence-electron chi connectivity index (χ4n) is 5.32. The van der Waals surface area contributed by atoms with Gasteiger partial charge in [0.1, 0.15) is 17.2 Å². The van der Waals surface area contributed by atoms with Crippen molar-refractivity contribution in [2.24, 2.45) is 11.3 Å². The number of aryl methyl sites for hydroxylation is 2. The van der Waals surface area contributed by atoms with Crippen molar-refractivity contribution in [3.05, 3.63) is 22.7 Å². The number of amides is 1. The molecule has 0 bridgehead atoms. The summed E-state index contributed by atoms with van der Waals surface area (Å²) in [7, 11) is 0. The number of rotatable bonds is 4. The fraction of sp³-hybridized carbons (Fsp3) is 0.680. The number of nitrogens with one attached hydrogen (secondary N) is 1. The first-order chi connectivity index (χ1) is 16.3. The lowest BCUT2D eigenvalue weighted by molar-refractivity contribution is -0.120. The fourth-order valence-corrected chi connectivity index (χ4v) is 5.32. The molecule has 184 valence electrons. The maximum absolute atomic E-state index is 12.9. The summed E-state index contributed by atoms with van der Waals surface area (Å²) in [5.74, 6) is 2.57. The Morgan fingerprint density at radius 1 is 1.06 bits per heavy atom. The van der Waals surface area contributed by atoms with Crippen LogP contribution in [-0.2, 0) is 22.4 Å². The molecule has 9 heteroatoms. The lowest BCUT2D eigenvalue weighted by Gasteiger charge is -2.38. The molecule has 0 unspecified atom stereocenters. The maximum atomic E-state index is 12.9.